The minimum absolute atomic E-state index is 0.150. The number of benzene rings is 2. The Hall–Kier alpha value is -2.42. The van der Waals surface area contributed by atoms with Crippen molar-refractivity contribution >= 4 is 29.1 Å². The Labute approximate surface area is 156 Å². The van der Waals surface area contributed by atoms with E-state index in [4.69, 9.17) is 37.9 Å². The molecule has 2 aromatic carbocycles. The normalized spacial score (nSPS) is 9.96. The van der Waals surface area contributed by atoms with Crippen LogP contribution in [0.1, 0.15) is 12.0 Å². The van der Waals surface area contributed by atoms with Crippen LogP contribution in [0.3, 0.4) is 0 Å². The lowest BCUT2D eigenvalue weighted by Crippen LogP contribution is -2.30. The maximum absolute atomic E-state index is 11.7. The van der Waals surface area contributed by atoms with Crippen LogP contribution in [0.5, 0.6) is 11.5 Å². The Bertz CT molecular complexity index is 775. The molecule has 2 aromatic rings. The van der Waals surface area contributed by atoms with Gasteiger partial charge in [-0.15, -0.1) is 0 Å². The molecule has 0 unspecified atom stereocenters. The topological polar surface area (TPSA) is 71.3 Å². The van der Waals surface area contributed by atoms with Gasteiger partial charge in [0, 0.05) is 11.6 Å². The van der Waals surface area contributed by atoms with Gasteiger partial charge in [-0.1, -0.05) is 35.3 Å². The number of carbonyl (C=O) groups excluding carboxylic acids is 1. The maximum Gasteiger partial charge on any atom is 0.257 e. The number of nitrogens with one attached hydrogen (secondary N) is 1. The van der Waals surface area contributed by atoms with Crippen LogP contribution >= 0.6 is 23.2 Å². The average molecular weight is 379 g/mol. The molecule has 0 aliphatic carbocycles. The third kappa shape index (κ3) is 6.18. The predicted octanol–water partition coefficient (Wildman–Crippen LogP) is 3.83. The molecule has 0 radical (unpaired) electrons. The Kier molecular flexibility index (Phi) is 7.39. The van der Waals surface area contributed by atoms with E-state index in [0.717, 1.165) is 0 Å². The largest absolute Gasteiger partial charge is 0.492 e. The van der Waals surface area contributed by atoms with Crippen molar-refractivity contribution in [2.45, 2.75) is 6.42 Å². The van der Waals surface area contributed by atoms with E-state index in [2.05, 4.69) is 5.32 Å². The highest BCUT2D eigenvalue weighted by atomic mass is 35.5. The summed E-state index contributed by atoms with van der Waals surface area (Å²) >= 11 is 11.8. The zero-order valence-electron chi connectivity index (χ0n) is 13.3. The van der Waals surface area contributed by atoms with Gasteiger partial charge in [-0.3, -0.25) is 4.79 Å². The van der Waals surface area contributed by atoms with E-state index in [1.165, 1.54) is 0 Å². The van der Waals surface area contributed by atoms with Gasteiger partial charge in [0.15, 0.2) is 6.61 Å². The molecule has 2 rings (SSSR count). The molecular formula is C18H16Cl2N2O3. The summed E-state index contributed by atoms with van der Waals surface area (Å²) in [5, 5.41) is 12.7. The summed E-state index contributed by atoms with van der Waals surface area (Å²) in [6.45, 7) is 0.690. The van der Waals surface area contributed by atoms with Crippen molar-refractivity contribution in [1.82, 2.24) is 5.32 Å². The predicted molar refractivity (Wildman–Crippen MR) is 96.2 cm³/mol. The first-order chi connectivity index (χ1) is 12.1. The van der Waals surface area contributed by atoms with Crippen molar-refractivity contribution in [3.63, 3.8) is 0 Å². The minimum Gasteiger partial charge on any atom is -0.492 e. The van der Waals surface area contributed by atoms with Crippen LogP contribution < -0.4 is 14.8 Å². The van der Waals surface area contributed by atoms with Crippen LogP contribution in [0.4, 0.5) is 0 Å². The van der Waals surface area contributed by atoms with Crippen LogP contribution in [0.2, 0.25) is 10.0 Å². The number of hydrogen-bond acceptors (Lipinski definition) is 4. The van der Waals surface area contributed by atoms with Gasteiger partial charge in [0.2, 0.25) is 0 Å². The SMILES string of the molecule is N#Cc1ccccc1OCC(=O)NCCCOc1ccc(Cl)cc1Cl. The molecule has 1 amide bonds. The average Bonchev–Trinajstić information content (AvgIpc) is 2.61. The second-order valence-electron chi connectivity index (χ2n) is 5.02. The van der Waals surface area contributed by atoms with E-state index in [0.29, 0.717) is 46.7 Å². The van der Waals surface area contributed by atoms with Crippen molar-refractivity contribution in [2.24, 2.45) is 0 Å². The van der Waals surface area contributed by atoms with E-state index in [1.54, 1.807) is 42.5 Å². The molecule has 0 aliphatic rings. The molecule has 25 heavy (non-hydrogen) atoms. The number of rotatable bonds is 8. The number of para-hydroxylation sites is 1. The van der Waals surface area contributed by atoms with Crippen molar-refractivity contribution in [1.29, 1.82) is 5.26 Å². The summed E-state index contributed by atoms with van der Waals surface area (Å²) in [5.41, 5.74) is 0.392. The maximum atomic E-state index is 11.7. The summed E-state index contributed by atoms with van der Waals surface area (Å²) in [5.74, 6) is 0.673. The van der Waals surface area contributed by atoms with Crippen molar-refractivity contribution < 1.29 is 14.3 Å². The highest BCUT2D eigenvalue weighted by molar-refractivity contribution is 6.35. The van der Waals surface area contributed by atoms with Gasteiger partial charge < -0.3 is 14.8 Å². The molecular weight excluding hydrogens is 363 g/mol. The van der Waals surface area contributed by atoms with E-state index in [1.807, 2.05) is 6.07 Å². The fraction of sp³-hybridized carbons (Fsp3) is 0.222. The lowest BCUT2D eigenvalue weighted by Gasteiger charge is -2.10. The molecule has 0 atom stereocenters. The Morgan fingerprint density at radius 3 is 2.68 bits per heavy atom. The van der Waals surface area contributed by atoms with Gasteiger partial charge in [0.1, 0.15) is 17.6 Å². The Morgan fingerprint density at radius 1 is 1.12 bits per heavy atom. The molecule has 0 aromatic heterocycles. The lowest BCUT2D eigenvalue weighted by atomic mass is 10.2. The van der Waals surface area contributed by atoms with E-state index in [-0.39, 0.29) is 12.5 Å². The quantitative estimate of drug-likeness (QED) is 0.708. The number of nitriles is 1. The highest BCUT2D eigenvalue weighted by Gasteiger charge is 2.06. The lowest BCUT2D eigenvalue weighted by molar-refractivity contribution is -0.123. The molecule has 7 heteroatoms. The number of ether oxygens (including phenoxy) is 2. The number of nitrogens with zero attached hydrogens (tertiary/aromatic N) is 1. The standard InChI is InChI=1S/C18H16Cl2N2O3/c19-14-6-7-17(15(20)10-14)24-9-3-8-22-18(23)12-25-16-5-2-1-4-13(16)11-21/h1-2,4-7,10H,3,8-9,12H2,(H,22,23). The third-order valence-electron chi connectivity index (χ3n) is 3.16. The molecule has 0 saturated heterocycles. The second kappa shape index (κ2) is 9.77. The summed E-state index contributed by atoms with van der Waals surface area (Å²) in [4.78, 5) is 11.7. The van der Waals surface area contributed by atoms with E-state index < -0.39 is 0 Å². The van der Waals surface area contributed by atoms with Crippen molar-refractivity contribution in [2.75, 3.05) is 19.8 Å². The van der Waals surface area contributed by atoms with Crippen LogP contribution in [0.25, 0.3) is 0 Å². The Morgan fingerprint density at radius 2 is 1.92 bits per heavy atom. The smallest absolute Gasteiger partial charge is 0.257 e. The molecule has 0 fully saturated rings. The zero-order chi connectivity index (χ0) is 18.1. The van der Waals surface area contributed by atoms with Crippen molar-refractivity contribution in [3.8, 4) is 17.6 Å². The van der Waals surface area contributed by atoms with Gasteiger partial charge in [-0.25, -0.2) is 0 Å². The minimum atomic E-state index is -0.266. The molecule has 130 valence electrons. The molecule has 1 N–H and O–H groups in total. The second-order valence-corrected chi connectivity index (χ2v) is 5.87. The van der Waals surface area contributed by atoms with Crippen LogP contribution in [0, 0.1) is 11.3 Å². The number of carbonyl (C=O) groups is 1. The molecule has 0 bridgehead atoms. The Balaban J connectivity index is 1.65. The van der Waals surface area contributed by atoms with Gasteiger partial charge in [-0.05, 0) is 36.8 Å². The monoisotopic (exact) mass is 378 g/mol. The van der Waals surface area contributed by atoms with E-state index in [9.17, 15) is 4.79 Å². The van der Waals surface area contributed by atoms with Crippen LogP contribution in [0.15, 0.2) is 42.5 Å². The number of amides is 1. The summed E-state index contributed by atoms with van der Waals surface area (Å²) in [6, 6.07) is 13.8. The molecule has 0 saturated carbocycles. The van der Waals surface area contributed by atoms with Gasteiger partial charge >= 0.3 is 0 Å². The summed E-state index contributed by atoms with van der Waals surface area (Å²) in [6.07, 6.45) is 0.611. The fourth-order valence-electron chi connectivity index (χ4n) is 1.95. The highest BCUT2D eigenvalue weighted by Crippen LogP contribution is 2.27. The third-order valence-corrected chi connectivity index (χ3v) is 3.69. The molecule has 0 aliphatic heterocycles. The van der Waals surface area contributed by atoms with Crippen LogP contribution in [-0.4, -0.2) is 25.7 Å². The zero-order valence-corrected chi connectivity index (χ0v) is 14.8. The number of hydrogen-bond donors (Lipinski definition) is 1. The van der Waals surface area contributed by atoms with Gasteiger partial charge in [-0.2, -0.15) is 5.26 Å². The van der Waals surface area contributed by atoms with Crippen molar-refractivity contribution in [3.05, 3.63) is 58.1 Å². The summed E-state index contributed by atoms with van der Waals surface area (Å²) < 4.78 is 10.9. The molecule has 5 nitrogen and oxygen atoms in total. The fourth-order valence-corrected chi connectivity index (χ4v) is 2.42. The van der Waals surface area contributed by atoms with Gasteiger partial charge in [0.05, 0.1) is 17.2 Å². The van der Waals surface area contributed by atoms with Gasteiger partial charge in [0.25, 0.3) is 5.91 Å². The first kappa shape index (κ1) is 18.9. The van der Waals surface area contributed by atoms with E-state index >= 15 is 0 Å². The first-order valence-electron chi connectivity index (χ1n) is 7.56. The number of halogens is 2. The molecule has 0 heterocycles. The summed E-state index contributed by atoms with van der Waals surface area (Å²) in [7, 11) is 0. The van der Waals surface area contributed by atoms with Crippen LogP contribution in [-0.2, 0) is 4.79 Å². The molecule has 0 spiro atoms. The first-order valence-corrected chi connectivity index (χ1v) is 8.32.